The summed E-state index contributed by atoms with van der Waals surface area (Å²) in [6.45, 7) is 19.4. The maximum atomic E-state index is 2.66. The number of fused-ring (bicyclic) bond motifs is 35. The molecule has 546 valence electrons. The van der Waals surface area contributed by atoms with Crippen LogP contribution in [-0.2, 0) is 21.7 Å². The summed E-state index contributed by atoms with van der Waals surface area (Å²) in [5.74, 6) is 0. The zero-order valence-electron chi connectivity index (χ0n) is 66.0. The zero-order valence-corrected chi connectivity index (χ0v) is 66.0. The van der Waals surface area contributed by atoms with Crippen LogP contribution in [0, 0.1) is 0 Å². The summed E-state index contributed by atoms with van der Waals surface area (Å²) in [4.78, 5) is 0. The summed E-state index contributed by atoms with van der Waals surface area (Å²) in [6, 6.07) is 126. The van der Waals surface area contributed by atoms with Crippen molar-refractivity contribution in [3.8, 4) is 78.4 Å². The first kappa shape index (κ1) is 64.7. The number of nitrogens with zero attached hydrogens (tertiary/aromatic N) is 4. The monoisotopic (exact) mass is 1480 g/mol. The van der Waals surface area contributed by atoms with E-state index in [0.717, 1.165) is 22.7 Å². The zero-order chi connectivity index (χ0) is 77.1. The topological polar surface area (TPSA) is 19.7 Å². The molecular formula is C112H78N4. The van der Waals surface area contributed by atoms with E-state index >= 15 is 0 Å². The van der Waals surface area contributed by atoms with Crippen LogP contribution in [0.15, 0.2) is 328 Å². The first-order chi connectivity index (χ1) is 56.6. The highest BCUT2D eigenvalue weighted by atomic mass is 15.0. The van der Waals surface area contributed by atoms with Gasteiger partial charge in [0.2, 0.25) is 0 Å². The molecule has 18 aromatic carbocycles. The highest BCUT2D eigenvalue weighted by molar-refractivity contribution is 6.28. The summed E-state index contributed by atoms with van der Waals surface area (Å²) < 4.78 is 10.4. The van der Waals surface area contributed by atoms with Gasteiger partial charge in [-0.25, -0.2) is 0 Å². The van der Waals surface area contributed by atoms with E-state index in [2.05, 4.69) is 401 Å². The Kier molecular flexibility index (Phi) is 12.3. The second kappa shape index (κ2) is 22.1. The van der Waals surface area contributed by atoms with Crippen molar-refractivity contribution in [1.82, 2.24) is 18.3 Å². The van der Waals surface area contributed by atoms with E-state index in [9.17, 15) is 0 Å². The highest BCUT2D eigenvalue weighted by Gasteiger charge is 2.43. The van der Waals surface area contributed by atoms with E-state index in [0.29, 0.717) is 0 Å². The quantitative estimate of drug-likeness (QED) is 0.153. The number of hydrogen-bond acceptors (Lipinski definition) is 0. The molecule has 4 heteroatoms. The molecule has 0 saturated heterocycles. The third-order valence-corrected chi connectivity index (χ3v) is 28.6. The lowest BCUT2D eigenvalue weighted by Crippen LogP contribution is -2.16. The summed E-state index contributed by atoms with van der Waals surface area (Å²) in [5.41, 5.74) is 37.5. The largest absolute Gasteiger partial charge is 0.309 e. The van der Waals surface area contributed by atoms with Gasteiger partial charge >= 0.3 is 0 Å². The van der Waals surface area contributed by atoms with E-state index < -0.39 is 0 Å². The van der Waals surface area contributed by atoms with Crippen molar-refractivity contribution in [1.29, 1.82) is 0 Å². The number of benzene rings is 18. The Labute approximate surface area is 671 Å². The van der Waals surface area contributed by atoms with Crippen molar-refractivity contribution in [2.24, 2.45) is 0 Å². The smallest absolute Gasteiger partial charge is 0.0588 e. The first-order valence-electron chi connectivity index (χ1n) is 41.3. The van der Waals surface area contributed by atoms with Crippen LogP contribution in [0.25, 0.3) is 209 Å². The third kappa shape index (κ3) is 8.04. The molecule has 4 aliphatic rings. The molecule has 0 atom stereocenters. The lowest BCUT2D eigenvalue weighted by atomic mass is 9.80. The molecule has 26 rings (SSSR count). The van der Waals surface area contributed by atoms with Crippen LogP contribution >= 0.6 is 0 Å². The van der Waals surface area contributed by atoms with Crippen molar-refractivity contribution < 1.29 is 0 Å². The maximum Gasteiger partial charge on any atom is 0.0588 e. The van der Waals surface area contributed by atoms with Crippen molar-refractivity contribution in [2.45, 2.75) is 77.0 Å². The van der Waals surface area contributed by atoms with Crippen molar-refractivity contribution in [3.05, 3.63) is 372 Å². The van der Waals surface area contributed by atoms with Gasteiger partial charge < -0.3 is 18.3 Å². The average Bonchev–Trinajstić information content (AvgIpc) is 1.97. The van der Waals surface area contributed by atoms with Gasteiger partial charge in [0.05, 0.1) is 44.1 Å². The van der Waals surface area contributed by atoms with Crippen LogP contribution in [0.2, 0.25) is 0 Å². The van der Waals surface area contributed by atoms with E-state index in [1.165, 1.54) is 230 Å². The van der Waals surface area contributed by atoms with Gasteiger partial charge in [-0.1, -0.05) is 298 Å². The maximum absolute atomic E-state index is 2.66. The molecule has 116 heavy (non-hydrogen) atoms. The van der Waals surface area contributed by atoms with E-state index in [1.54, 1.807) is 0 Å². The Hall–Kier alpha value is -13.8. The number of para-hydroxylation sites is 3. The summed E-state index contributed by atoms with van der Waals surface area (Å²) >= 11 is 0. The van der Waals surface area contributed by atoms with Gasteiger partial charge in [-0.2, -0.15) is 0 Å². The van der Waals surface area contributed by atoms with Gasteiger partial charge in [0.1, 0.15) is 0 Å². The third-order valence-electron chi connectivity index (χ3n) is 28.6. The number of hydrogen-bond donors (Lipinski definition) is 0. The number of rotatable bonds is 5. The van der Waals surface area contributed by atoms with Crippen LogP contribution in [0.5, 0.6) is 0 Å². The van der Waals surface area contributed by atoms with Crippen LogP contribution in [0.1, 0.15) is 99.9 Å². The fourth-order valence-electron chi connectivity index (χ4n) is 23.6. The van der Waals surface area contributed by atoms with Crippen molar-refractivity contribution >= 4 is 130 Å². The molecule has 0 amide bonds. The van der Waals surface area contributed by atoms with Gasteiger partial charge in [0.15, 0.2) is 0 Å². The summed E-state index contributed by atoms with van der Waals surface area (Å²) in [5, 5.41) is 19.9. The molecule has 0 aliphatic heterocycles. The Morgan fingerprint density at radius 2 is 0.509 bits per heavy atom. The Bertz CT molecular complexity index is 8110. The predicted molar refractivity (Wildman–Crippen MR) is 490 cm³/mol. The minimum absolute atomic E-state index is 0.151. The van der Waals surface area contributed by atoms with Gasteiger partial charge in [-0.3, -0.25) is 0 Å². The minimum atomic E-state index is -0.321. The van der Waals surface area contributed by atoms with Crippen LogP contribution < -0.4 is 0 Å². The summed E-state index contributed by atoms with van der Waals surface area (Å²) in [6.07, 6.45) is 0. The molecular weight excluding hydrogens is 1400 g/mol. The molecule has 0 N–H and O–H groups in total. The summed E-state index contributed by atoms with van der Waals surface area (Å²) in [7, 11) is 0. The van der Waals surface area contributed by atoms with E-state index in [4.69, 9.17) is 0 Å². The first-order valence-corrected chi connectivity index (χ1v) is 41.3. The van der Waals surface area contributed by atoms with E-state index in [-0.39, 0.29) is 21.7 Å². The van der Waals surface area contributed by atoms with Gasteiger partial charge in [0, 0.05) is 87.5 Å². The highest BCUT2D eigenvalue weighted by Crippen LogP contribution is 2.59. The normalized spacial score (nSPS) is 15.0. The molecule has 0 fully saturated rings. The second-order valence-electron chi connectivity index (χ2n) is 35.7. The second-order valence-corrected chi connectivity index (χ2v) is 35.7. The Morgan fingerprint density at radius 3 is 1.00 bits per heavy atom. The molecule has 4 heterocycles. The van der Waals surface area contributed by atoms with Crippen LogP contribution in [0.3, 0.4) is 0 Å². The van der Waals surface area contributed by atoms with Gasteiger partial charge in [0.25, 0.3) is 0 Å². The lowest BCUT2D eigenvalue weighted by Gasteiger charge is -2.24. The van der Waals surface area contributed by atoms with Gasteiger partial charge in [-0.05, 0) is 228 Å². The fourth-order valence-corrected chi connectivity index (χ4v) is 23.6. The number of aromatic nitrogens is 4. The SMILES string of the molecule is CC1(C)c2ccccc2-c2ccc3c(c21)c1ccccc1n3-c1ccc2cc(-c3cccc4c3c3ccc5c(c3n4-c3ccc4c6cc(-n7c8ccccc8c8ccc9c(c87)C(C)(C)c7ccccc7-9)ccc6c6cc(-n7c8ccccc8c8ccc9c(c87)C(C)(C)c7ccccc7-9)ccc6c4c3)C(C)(C)c3ccccc3-5)ccc2c1. The van der Waals surface area contributed by atoms with E-state index in [1.807, 2.05) is 0 Å². The minimum Gasteiger partial charge on any atom is -0.309 e. The van der Waals surface area contributed by atoms with Crippen molar-refractivity contribution in [2.75, 3.05) is 0 Å². The molecule has 4 aromatic heterocycles. The van der Waals surface area contributed by atoms with Gasteiger partial charge in [-0.15, -0.1) is 0 Å². The van der Waals surface area contributed by atoms with Crippen molar-refractivity contribution in [3.63, 3.8) is 0 Å². The Morgan fingerprint density at radius 1 is 0.181 bits per heavy atom. The molecule has 0 spiro atoms. The van der Waals surface area contributed by atoms with Crippen LogP contribution in [0.4, 0.5) is 0 Å². The standard InChI is InChI=1S/C112H78N4/c1-109(2)91-32-16-9-24-74(91)80-56-57-99-101(102(80)109)86-30-15-22-38-97(86)113(99)66-43-42-63-58-65(41-40-64(63)59-66)70-31-23-39-98-100(70)87-55-52-83-77-27-12-19-35-94(77)112(7,8)105(83)108(87)116(98)69-46-49-73-89-61-67(114-95-36-20-13-28-78(95)84-53-50-81-75-25-10-17-33-92(75)110(3,4)103(81)106(84)114)44-47-71(89)88-60-68(45-48-72(88)90(73)62-69)115-96-37-21-14-29-79(96)85-54-51-82-76-26-11-18-34-93(76)111(5,6)104(82)107(85)115/h9-62H,1-8H3. The predicted octanol–water partition coefficient (Wildman–Crippen LogP) is 29.6. The fraction of sp³-hybridized carbons (Fsp3) is 0.107. The average molecular weight is 1480 g/mol. The van der Waals surface area contributed by atoms with Crippen LogP contribution in [-0.4, -0.2) is 18.3 Å². The lowest BCUT2D eigenvalue weighted by molar-refractivity contribution is 0.663. The molecule has 0 bridgehead atoms. The molecule has 4 aliphatic carbocycles. The molecule has 0 unspecified atom stereocenters. The Balaban J connectivity index is 0.711. The molecule has 0 radical (unpaired) electrons. The molecule has 4 nitrogen and oxygen atoms in total. The molecule has 22 aromatic rings. The molecule has 0 saturated carbocycles.